The van der Waals surface area contributed by atoms with Crippen molar-refractivity contribution in [3.8, 4) is 5.75 Å². The van der Waals surface area contributed by atoms with E-state index < -0.39 is 0 Å². The number of hydrogen-bond donors (Lipinski definition) is 0. The van der Waals surface area contributed by atoms with Crippen LogP contribution in [0.3, 0.4) is 0 Å². The Morgan fingerprint density at radius 2 is 2.14 bits per heavy atom. The lowest BCUT2D eigenvalue weighted by Crippen LogP contribution is -1.98. The zero-order valence-corrected chi connectivity index (χ0v) is 9.34. The Bertz CT molecular complexity index is 284. The van der Waals surface area contributed by atoms with Crippen molar-refractivity contribution < 1.29 is 4.74 Å². The van der Waals surface area contributed by atoms with Gasteiger partial charge in [-0.15, -0.1) is 0 Å². The lowest BCUT2D eigenvalue weighted by Gasteiger charge is -2.09. The molecule has 1 heterocycles. The zero-order valence-electron chi connectivity index (χ0n) is 9.34. The Morgan fingerprint density at radius 3 is 2.79 bits per heavy atom. The molecule has 0 amide bonds. The van der Waals surface area contributed by atoms with Gasteiger partial charge in [-0.05, 0) is 26.7 Å². The van der Waals surface area contributed by atoms with E-state index in [0.29, 0.717) is 0 Å². The minimum atomic E-state index is 0.725. The highest BCUT2D eigenvalue weighted by Gasteiger charge is 2.03. The molecule has 0 aromatic carbocycles. The number of nitrogens with zero attached hydrogens (tertiary/aromatic N) is 1. The van der Waals surface area contributed by atoms with Crippen molar-refractivity contribution in [3.63, 3.8) is 0 Å². The molecule has 0 saturated carbocycles. The first-order chi connectivity index (χ1) is 6.77. The van der Waals surface area contributed by atoms with Crippen molar-refractivity contribution in [1.82, 2.24) is 4.98 Å². The molecule has 1 rings (SSSR count). The van der Waals surface area contributed by atoms with Crippen LogP contribution in [0.25, 0.3) is 0 Å². The highest BCUT2D eigenvalue weighted by atomic mass is 16.5. The summed E-state index contributed by atoms with van der Waals surface area (Å²) in [5.41, 5.74) is 2.26. The number of ether oxygens (including phenoxy) is 1. The first-order valence-corrected chi connectivity index (χ1v) is 5.36. The molecule has 1 aromatic heterocycles. The lowest BCUT2D eigenvalue weighted by atomic mass is 10.1. The lowest BCUT2D eigenvalue weighted by molar-refractivity contribution is 0.335. The third-order valence-electron chi connectivity index (χ3n) is 2.18. The molecule has 0 bridgehead atoms. The van der Waals surface area contributed by atoms with Crippen LogP contribution < -0.4 is 4.74 Å². The van der Waals surface area contributed by atoms with Crippen LogP contribution in [0.15, 0.2) is 12.3 Å². The SMILES string of the molecule is CCCCc1cnc(C)cc1OCC. The number of aromatic nitrogens is 1. The van der Waals surface area contributed by atoms with Gasteiger partial charge in [0.25, 0.3) is 0 Å². The third kappa shape index (κ3) is 3.02. The molecule has 0 radical (unpaired) electrons. The van der Waals surface area contributed by atoms with Crippen molar-refractivity contribution in [2.45, 2.75) is 40.0 Å². The van der Waals surface area contributed by atoms with Crippen LogP contribution in [0.4, 0.5) is 0 Å². The van der Waals surface area contributed by atoms with Crippen molar-refractivity contribution in [2.24, 2.45) is 0 Å². The average Bonchev–Trinajstić information content (AvgIpc) is 2.17. The minimum Gasteiger partial charge on any atom is -0.493 e. The Hall–Kier alpha value is -1.05. The van der Waals surface area contributed by atoms with E-state index in [1.54, 1.807) is 0 Å². The molecule has 14 heavy (non-hydrogen) atoms. The second-order valence-electron chi connectivity index (χ2n) is 3.47. The molecule has 0 atom stereocenters. The summed E-state index contributed by atoms with van der Waals surface area (Å²) in [5.74, 6) is 1.01. The van der Waals surface area contributed by atoms with Gasteiger partial charge in [0, 0.05) is 23.5 Å². The standard InChI is InChI=1S/C12H19NO/c1-4-6-7-11-9-13-10(3)8-12(11)14-5-2/h8-9H,4-7H2,1-3H3. The molecule has 0 aliphatic rings. The van der Waals surface area contributed by atoms with Crippen LogP contribution in [0.2, 0.25) is 0 Å². The quantitative estimate of drug-likeness (QED) is 0.716. The number of hydrogen-bond acceptors (Lipinski definition) is 2. The van der Waals surface area contributed by atoms with Crippen molar-refractivity contribution in [2.75, 3.05) is 6.61 Å². The summed E-state index contributed by atoms with van der Waals surface area (Å²) in [4.78, 5) is 4.29. The highest BCUT2D eigenvalue weighted by molar-refractivity contribution is 5.32. The maximum Gasteiger partial charge on any atom is 0.125 e. The highest BCUT2D eigenvalue weighted by Crippen LogP contribution is 2.20. The predicted molar refractivity (Wildman–Crippen MR) is 58.8 cm³/mol. The van der Waals surface area contributed by atoms with Crippen LogP contribution in [-0.4, -0.2) is 11.6 Å². The average molecular weight is 193 g/mol. The molecule has 2 nitrogen and oxygen atoms in total. The third-order valence-corrected chi connectivity index (χ3v) is 2.18. The van der Waals surface area contributed by atoms with Gasteiger partial charge in [-0.25, -0.2) is 0 Å². The van der Waals surface area contributed by atoms with Gasteiger partial charge in [-0.2, -0.15) is 0 Å². The van der Waals surface area contributed by atoms with Crippen molar-refractivity contribution in [1.29, 1.82) is 0 Å². The summed E-state index contributed by atoms with van der Waals surface area (Å²) in [7, 11) is 0. The van der Waals surface area contributed by atoms with E-state index in [1.807, 2.05) is 26.1 Å². The number of pyridine rings is 1. The Labute approximate surface area is 86.3 Å². The van der Waals surface area contributed by atoms with Gasteiger partial charge in [-0.1, -0.05) is 13.3 Å². The van der Waals surface area contributed by atoms with Gasteiger partial charge in [0.2, 0.25) is 0 Å². The monoisotopic (exact) mass is 193 g/mol. The van der Waals surface area contributed by atoms with Gasteiger partial charge in [0.05, 0.1) is 6.61 Å². The molecule has 0 fully saturated rings. The van der Waals surface area contributed by atoms with E-state index in [-0.39, 0.29) is 0 Å². The molecule has 0 aliphatic carbocycles. The van der Waals surface area contributed by atoms with E-state index in [9.17, 15) is 0 Å². The van der Waals surface area contributed by atoms with E-state index in [0.717, 1.165) is 24.5 Å². The zero-order chi connectivity index (χ0) is 10.4. The fraction of sp³-hybridized carbons (Fsp3) is 0.583. The number of aryl methyl sites for hydroxylation is 2. The number of unbranched alkanes of at least 4 members (excludes halogenated alkanes) is 1. The van der Waals surface area contributed by atoms with Crippen molar-refractivity contribution in [3.05, 3.63) is 23.5 Å². The Balaban J connectivity index is 2.78. The second-order valence-corrected chi connectivity index (χ2v) is 3.47. The molecule has 0 N–H and O–H groups in total. The van der Waals surface area contributed by atoms with Crippen LogP contribution >= 0.6 is 0 Å². The first kappa shape index (κ1) is 11.0. The molecule has 0 spiro atoms. The molecule has 0 aliphatic heterocycles. The molecule has 0 unspecified atom stereocenters. The van der Waals surface area contributed by atoms with Crippen LogP contribution in [0.5, 0.6) is 5.75 Å². The molecular formula is C12H19NO. The summed E-state index contributed by atoms with van der Waals surface area (Å²) in [5, 5.41) is 0. The van der Waals surface area contributed by atoms with Crippen LogP contribution in [-0.2, 0) is 6.42 Å². The smallest absolute Gasteiger partial charge is 0.125 e. The van der Waals surface area contributed by atoms with Gasteiger partial charge in [-0.3, -0.25) is 4.98 Å². The van der Waals surface area contributed by atoms with E-state index in [4.69, 9.17) is 4.74 Å². The predicted octanol–water partition coefficient (Wildman–Crippen LogP) is 3.13. The fourth-order valence-corrected chi connectivity index (χ4v) is 1.41. The largest absolute Gasteiger partial charge is 0.493 e. The van der Waals surface area contributed by atoms with Gasteiger partial charge in [0.15, 0.2) is 0 Å². The minimum absolute atomic E-state index is 0.725. The summed E-state index contributed by atoms with van der Waals surface area (Å²) >= 11 is 0. The maximum atomic E-state index is 5.57. The summed E-state index contributed by atoms with van der Waals surface area (Å²) in [6, 6.07) is 2.02. The van der Waals surface area contributed by atoms with Crippen molar-refractivity contribution >= 4 is 0 Å². The molecule has 2 heteroatoms. The van der Waals surface area contributed by atoms with Gasteiger partial charge < -0.3 is 4.74 Å². The van der Waals surface area contributed by atoms with E-state index in [2.05, 4.69) is 11.9 Å². The normalized spacial score (nSPS) is 10.2. The number of rotatable bonds is 5. The van der Waals surface area contributed by atoms with Crippen LogP contribution in [0, 0.1) is 6.92 Å². The Morgan fingerprint density at radius 1 is 1.36 bits per heavy atom. The molecule has 0 saturated heterocycles. The van der Waals surface area contributed by atoms with Gasteiger partial charge in [0.1, 0.15) is 5.75 Å². The van der Waals surface area contributed by atoms with E-state index in [1.165, 1.54) is 18.4 Å². The summed E-state index contributed by atoms with van der Waals surface area (Å²) < 4.78 is 5.57. The molecule has 1 aromatic rings. The topological polar surface area (TPSA) is 22.1 Å². The summed E-state index contributed by atoms with van der Waals surface area (Å²) in [6.45, 7) is 6.93. The van der Waals surface area contributed by atoms with E-state index >= 15 is 0 Å². The second kappa shape index (κ2) is 5.63. The van der Waals surface area contributed by atoms with Gasteiger partial charge >= 0.3 is 0 Å². The summed E-state index contributed by atoms with van der Waals surface area (Å²) in [6.07, 6.45) is 5.42. The van der Waals surface area contributed by atoms with Crippen LogP contribution in [0.1, 0.15) is 37.9 Å². The maximum absolute atomic E-state index is 5.57. The Kier molecular flexibility index (Phi) is 4.44. The fourth-order valence-electron chi connectivity index (χ4n) is 1.41. The molecular weight excluding hydrogens is 174 g/mol. The molecule has 78 valence electrons. The first-order valence-electron chi connectivity index (χ1n) is 5.36.